The largest absolute Gasteiger partial charge is 0.391 e. The summed E-state index contributed by atoms with van der Waals surface area (Å²) in [5.74, 6) is -2.24. The maximum atomic E-state index is 13.0. The van der Waals surface area contributed by atoms with Gasteiger partial charge in [0.15, 0.2) is 11.5 Å². The van der Waals surface area contributed by atoms with Gasteiger partial charge in [0.05, 0.1) is 12.6 Å². The van der Waals surface area contributed by atoms with Gasteiger partial charge in [-0.2, -0.15) is 0 Å². The Bertz CT molecular complexity index is 1120. The molecule has 0 fully saturated rings. The van der Waals surface area contributed by atoms with Crippen LogP contribution in [0.5, 0.6) is 0 Å². The molecule has 0 radical (unpaired) electrons. The van der Waals surface area contributed by atoms with Crippen molar-refractivity contribution in [1.29, 1.82) is 0 Å². The predicted molar refractivity (Wildman–Crippen MR) is 135 cm³/mol. The number of pyridine rings is 1. The zero-order valence-corrected chi connectivity index (χ0v) is 21.9. The first kappa shape index (κ1) is 28.7. The summed E-state index contributed by atoms with van der Waals surface area (Å²) in [7, 11) is 0. The highest BCUT2D eigenvalue weighted by molar-refractivity contribution is 5.97. The van der Waals surface area contributed by atoms with Crippen LogP contribution in [-0.4, -0.2) is 81.1 Å². The fourth-order valence-corrected chi connectivity index (χ4v) is 3.92. The molecule has 2 aromatic rings. The molecule has 0 saturated carbocycles. The average Bonchev–Trinajstić information content (AvgIpc) is 3.33. The van der Waals surface area contributed by atoms with Gasteiger partial charge in [-0.15, -0.1) is 0 Å². The number of nitrogens with one attached hydrogen (secondary N) is 4. The maximum Gasteiger partial charge on any atom is 0.274 e. The zero-order chi connectivity index (χ0) is 27.8. The first-order valence-corrected chi connectivity index (χ1v) is 12.5. The Kier molecular flexibility index (Phi) is 9.91. The van der Waals surface area contributed by atoms with Crippen LogP contribution >= 0.6 is 0 Å². The molecule has 4 amide bonds. The number of carbonyl (C=O) groups is 4. The van der Waals surface area contributed by atoms with E-state index in [1.807, 2.05) is 17.0 Å². The lowest BCUT2D eigenvalue weighted by Crippen LogP contribution is -2.58. The van der Waals surface area contributed by atoms with Crippen LogP contribution in [0.1, 0.15) is 49.5 Å². The summed E-state index contributed by atoms with van der Waals surface area (Å²) in [6.45, 7) is 7.89. The van der Waals surface area contributed by atoms with Gasteiger partial charge in [0.25, 0.3) is 5.91 Å². The summed E-state index contributed by atoms with van der Waals surface area (Å²) in [6.07, 6.45) is 2.10. The number of carbonyl (C=O) groups excluding carboxylic acids is 4. The summed E-state index contributed by atoms with van der Waals surface area (Å²) in [5, 5.41) is 24.4. The van der Waals surface area contributed by atoms with Crippen molar-refractivity contribution >= 4 is 23.6 Å². The van der Waals surface area contributed by atoms with Crippen LogP contribution in [0, 0.1) is 5.92 Å². The average molecular weight is 530 g/mol. The zero-order valence-electron chi connectivity index (χ0n) is 21.9. The third kappa shape index (κ3) is 7.83. The van der Waals surface area contributed by atoms with Crippen LogP contribution in [0.3, 0.4) is 0 Å². The van der Waals surface area contributed by atoms with Crippen molar-refractivity contribution in [3.8, 4) is 0 Å². The number of hydrogen-bond acceptors (Lipinski definition) is 9. The minimum atomic E-state index is -1.36. The van der Waals surface area contributed by atoms with Gasteiger partial charge in [-0.1, -0.05) is 19.0 Å². The fourth-order valence-electron chi connectivity index (χ4n) is 3.92. The van der Waals surface area contributed by atoms with Crippen LogP contribution in [0.25, 0.3) is 0 Å². The second-order valence-electron chi connectivity index (χ2n) is 9.69. The molecule has 38 heavy (non-hydrogen) atoms. The van der Waals surface area contributed by atoms with Crippen LogP contribution in [0.4, 0.5) is 0 Å². The summed E-state index contributed by atoms with van der Waals surface area (Å²) < 4.78 is 5.37. The number of nitrogens with zero attached hydrogens (tertiary/aromatic N) is 3. The van der Waals surface area contributed by atoms with Crippen molar-refractivity contribution in [1.82, 2.24) is 36.3 Å². The molecular weight excluding hydrogens is 494 g/mol. The lowest BCUT2D eigenvalue weighted by atomic mass is 10.0. The fraction of sp³-hybridized carbons (Fsp3) is 0.520. The molecule has 0 unspecified atom stereocenters. The number of aliphatic hydroxyl groups is 1. The predicted octanol–water partition coefficient (Wildman–Crippen LogP) is -0.674. The normalized spacial score (nSPS) is 23.5. The molecule has 13 nitrogen and oxygen atoms in total. The van der Waals surface area contributed by atoms with E-state index < -0.39 is 42.0 Å². The van der Waals surface area contributed by atoms with Gasteiger partial charge < -0.3 is 30.9 Å². The molecule has 0 aromatic carbocycles. The molecule has 5 N–H and O–H groups in total. The van der Waals surface area contributed by atoms with Crippen LogP contribution in [-0.2, 0) is 27.5 Å². The molecule has 13 heteroatoms. The smallest absolute Gasteiger partial charge is 0.274 e. The molecule has 206 valence electrons. The molecule has 0 spiro atoms. The number of fused-ring (bicyclic) bond motifs is 2. The highest BCUT2D eigenvalue weighted by Gasteiger charge is 2.31. The summed E-state index contributed by atoms with van der Waals surface area (Å²) in [4.78, 5) is 57.4. The molecule has 3 heterocycles. The molecule has 2 bridgehead atoms. The third-order valence-corrected chi connectivity index (χ3v) is 6.10. The second kappa shape index (κ2) is 13.1. The van der Waals surface area contributed by atoms with Gasteiger partial charge in [0, 0.05) is 38.1 Å². The quantitative estimate of drug-likeness (QED) is 0.343. The van der Waals surface area contributed by atoms with Crippen molar-refractivity contribution in [3.05, 3.63) is 47.6 Å². The molecule has 0 aliphatic carbocycles. The number of aromatic nitrogens is 2. The topological polar surface area (TPSA) is 179 Å². The minimum Gasteiger partial charge on any atom is -0.391 e. The van der Waals surface area contributed by atoms with Gasteiger partial charge in [-0.25, -0.2) is 0 Å². The Hall–Kier alpha value is -3.84. The van der Waals surface area contributed by atoms with Crippen LogP contribution in [0.2, 0.25) is 0 Å². The van der Waals surface area contributed by atoms with Crippen LogP contribution < -0.4 is 21.3 Å². The molecule has 3 rings (SSSR count). The Morgan fingerprint density at radius 2 is 1.74 bits per heavy atom. The second-order valence-corrected chi connectivity index (χ2v) is 9.69. The summed E-state index contributed by atoms with van der Waals surface area (Å²) >= 11 is 0. The monoisotopic (exact) mass is 529 g/mol. The number of aliphatic hydroxyl groups excluding tert-OH is 1. The van der Waals surface area contributed by atoms with Crippen molar-refractivity contribution in [2.75, 3.05) is 13.1 Å². The molecular formula is C25H35N7O6. The maximum absolute atomic E-state index is 13.0. The number of hydrogen-bond donors (Lipinski definition) is 5. The van der Waals surface area contributed by atoms with Gasteiger partial charge in [-0.3, -0.25) is 29.1 Å². The van der Waals surface area contributed by atoms with Gasteiger partial charge >= 0.3 is 0 Å². The molecule has 1 aliphatic rings. The molecule has 2 aromatic heterocycles. The standard InChI is InChI=1S/C25H35N7O6/c1-14(2)20-24(36)27-9-10-32(12-17-5-7-26-8-6-17)13-18-11-19(31-38-18)23(35)30-21(16(4)33)25(37)28-15(3)22(34)29-20/h5-8,11,14-16,20-21,33H,9-10,12-13H2,1-4H3,(H,27,36)(H,28,37)(H,29,34)(H,30,35)/t15-,16+,20-,21-/m0/s1. The highest BCUT2D eigenvalue weighted by atomic mass is 16.5. The SMILES string of the molecule is CC(C)[C@@H]1NC(=O)[C@H](C)NC(=O)[C@H]([C@@H](C)O)NC(=O)c2cc(on2)CN(Cc2ccncc2)CCNC1=O. The van der Waals surface area contributed by atoms with E-state index in [1.54, 1.807) is 26.2 Å². The van der Waals surface area contributed by atoms with E-state index in [-0.39, 0.29) is 30.6 Å². The Labute approximate surface area is 220 Å². The lowest BCUT2D eigenvalue weighted by Gasteiger charge is -2.26. The lowest BCUT2D eigenvalue weighted by molar-refractivity contribution is -0.133. The van der Waals surface area contributed by atoms with E-state index in [9.17, 15) is 24.3 Å². The van der Waals surface area contributed by atoms with Crippen molar-refractivity contribution in [3.63, 3.8) is 0 Å². The Morgan fingerprint density at radius 3 is 2.39 bits per heavy atom. The van der Waals surface area contributed by atoms with Gasteiger partial charge in [0.1, 0.15) is 18.1 Å². The van der Waals surface area contributed by atoms with E-state index in [0.717, 1.165) is 5.56 Å². The van der Waals surface area contributed by atoms with E-state index >= 15 is 0 Å². The van der Waals surface area contributed by atoms with E-state index in [4.69, 9.17) is 4.52 Å². The summed E-state index contributed by atoms with van der Waals surface area (Å²) in [5.41, 5.74) is 0.917. The van der Waals surface area contributed by atoms with Crippen molar-refractivity contribution in [2.45, 2.75) is 65.0 Å². The Balaban J connectivity index is 1.89. The van der Waals surface area contributed by atoms with E-state index in [0.29, 0.717) is 18.8 Å². The first-order chi connectivity index (χ1) is 18.0. The van der Waals surface area contributed by atoms with Gasteiger partial charge in [-0.05, 0) is 37.5 Å². The molecule has 0 saturated heterocycles. The molecule has 4 atom stereocenters. The first-order valence-electron chi connectivity index (χ1n) is 12.5. The van der Waals surface area contributed by atoms with E-state index in [1.165, 1.54) is 19.9 Å². The third-order valence-electron chi connectivity index (χ3n) is 6.10. The Morgan fingerprint density at radius 1 is 1.03 bits per heavy atom. The minimum absolute atomic E-state index is 0.0673. The van der Waals surface area contributed by atoms with Crippen molar-refractivity contribution < 1.29 is 28.8 Å². The van der Waals surface area contributed by atoms with Gasteiger partial charge in [0.2, 0.25) is 17.7 Å². The molecule has 1 aliphatic heterocycles. The highest BCUT2D eigenvalue weighted by Crippen LogP contribution is 2.12. The van der Waals surface area contributed by atoms with Crippen molar-refractivity contribution in [2.24, 2.45) is 5.92 Å². The van der Waals surface area contributed by atoms with Crippen LogP contribution in [0.15, 0.2) is 35.1 Å². The summed E-state index contributed by atoms with van der Waals surface area (Å²) in [6, 6.07) is 1.97. The number of amides is 4. The number of rotatable bonds is 4. The van der Waals surface area contributed by atoms with E-state index in [2.05, 4.69) is 31.4 Å².